The molecule has 3 N–H and O–H groups in total. The van der Waals surface area contributed by atoms with Crippen molar-refractivity contribution >= 4 is 29.3 Å². The van der Waals surface area contributed by atoms with Gasteiger partial charge in [-0.3, -0.25) is 19.2 Å². The molecule has 3 aliphatic rings. The molecule has 2 fully saturated rings. The molecule has 210 valence electrons. The number of para-hydroxylation sites is 1. The number of nitriles is 1. The Morgan fingerprint density at radius 1 is 1.18 bits per heavy atom. The normalized spacial score (nSPS) is 26.4. The van der Waals surface area contributed by atoms with Gasteiger partial charge in [0.25, 0.3) is 0 Å². The first-order valence-electron chi connectivity index (χ1n) is 12.8. The molecule has 2 heterocycles. The molecule has 1 unspecified atom stereocenters. The van der Waals surface area contributed by atoms with Crippen LogP contribution >= 0.6 is 0 Å². The van der Waals surface area contributed by atoms with E-state index in [1.165, 1.54) is 25.7 Å². The van der Waals surface area contributed by atoms with Crippen molar-refractivity contribution in [1.29, 1.82) is 5.26 Å². The molecule has 1 saturated carbocycles. The van der Waals surface area contributed by atoms with Gasteiger partial charge in [-0.15, -0.1) is 0 Å². The maximum Gasteiger partial charge on any atom is 0.471 e. The van der Waals surface area contributed by atoms with Gasteiger partial charge < -0.3 is 20.9 Å². The Bertz CT molecular complexity index is 1250. The first kappa shape index (κ1) is 28.4. The summed E-state index contributed by atoms with van der Waals surface area (Å²) in [6, 6.07) is 5.45. The zero-order chi connectivity index (χ0) is 29.1. The molecular formula is C27H32F3N5O4. The lowest BCUT2D eigenvalue weighted by Crippen LogP contribution is -2.61. The summed E-state index contributed by atoms with van der Waals surface area (Å²) < 4.78 is 39.1. The summed E-state index contributed by atoms with van der Waals surface area (Å²) in [6.45, 7) is 8.60. The minimum absolute atomic E-state index is 0.00942. The van der Waals surface area contributed by atoms with Crippen LogP contribution in [0, 0.1) is 34.0 Å². The molecule has 39 heavy (non-hydrogen) atoms. The average molecular weight is 548 g/mol. The molecule has 0 aromatic heterocycles. The fourth-order valence-corrected chi connectivity index (χ4v) is 5.99. The summed E-state index contributed by atoms with van der Waals surface area (Å²) in [4.78, 5) is 52.7. The molecular weight excluding hydrogens is 515 g/mol. The maximum atomic E-state index is 13.6. The minimum Gasteiger partial charge on any atom is -0.339 e. The molecule has 4 amide bonds. The summed E-state index contributed by atoms with van der Waals surface area (Å²) in [5.41, 5.74) is -0.0246. The Morgan fingerprint density at radius 3 is 2.41 bits per heavy atom. The number of nitrogens with zero attached hydrogens (tertiary/aromatic N) is 2. The number of carbonyl (C=O) groups excluding carboxylic acids is 4. The molecule has 6 atom stereocenters. The quantitative estimate of drug-likeness (QED) is 0.504. The summed E-state index contributed by atoms with van der Waals surface area (Å²) >= 11 is 0. The first-order chi connectivity index (χ1) is 18.0. The topological polar surface area (TPSA) is 131 Å². The fraction of sp³-hybridized carbons (Fsp3) is 0.593. The van der Waals surface area contributed by atoms with Crippen LogP contribution in [0.5, 0.6) is 0 Å². The number of hydrogen-bond acceptors (Lipinski definition) is 5. The number of anilines is 1. The maximum absolute atomic E-state index is 13.6. The Labute approximate surface area is 224 Å². The highest BCUT2D eigenvalue weighted by Gasteiger charge is 2.70. The van der Waals surface area contributed by atoms with Gasteiger partial charge >= 0.3 is 12.1 Å². The van der Waals surface area contributed by atoms with Gasteiger partial charge in [0, 0.05) is 12.2 Å². The van der Waals surface area contributed by atoms with Crippen LogP contribution in [0.4, 0.5) is 18.9 Å². The highest BCUT2D eigenvalue weighted by molar-refractivity contribution is 6.03. The van der Waals surface area contributed by atoms with Crippen LogP contribution in [0.25, 0.3) is 0 Å². The van der Waals surface area contributed by atoms with E-state index in [0.717, 1.165) is 0 Å². The van der Waals surface area contributed by atoms with E-state index in [9.17, 15) is 37.6 Å². The molecule has 1 aromatic rings. The zero-order valence-electron chi connectivity index (χ0n) is 22.3. The molecule has 0 radical (unpaired) electrons. The average Bonchev–Trinajstić information content (AvgIpc) is 3.15. The molecule has 1 aromatic carbocycles. The number of hydrogen-bond donors (Lipinski definition) is 3. The van der Waals surface area contributed by atoms with Crippen LogP contribution in [0.1, 0.15) is 52.5 Å². The van der Waals surface area contributed by atoms with Gasteiger partial charge in [0.1, 0.15) is 18.1 Å². The fourth-order valence-electron chi connectivity index (χ4n) is 5.99. The molecule has 12 heteroatoms. The van der Waals surface area contributed by atoms with Crippen molar-refractivity contribution in [3.63, 3.8) is 0 Å². The molecule has 4 rings (SSSR count). The Kier molecular flexibility index (Phi) is 6.94. The lowest BCUT2D eigenvalue weighted by molar-refractivity contribution is -0.176. The Balaban J connectivity index is 1.54. The first-order valence-corrected chi connectivity index (χ1v) is 12.8. The van der Waals surface area contributed by atoms with Crippen molar-refractivity contribution in [2.45, 2.75) is 71.3 Å². The molecule has 9 nitrogen and oxygen atoms in total. The number of carbonyl (C=O) groups is 4. The molecule has 2 aliphatic heterocycles. The van der Waals surface area contributed by atoms with Gasteiger partial charge in [-0.2, -0.15) is 18.4 Å². The van der Waals surface area contributed by atoms with E-state index < -0.39 is 53.4 Å². The third-order valence-corrected chi connectivity index (χ3v) is 8.26. The molecule has 0 spiro atoms. The number of likely N-dealkylation sites (tertiary alicyclic amines) is 1. The van der Waals surface area contributed by atoms with Gasteiger partial charge in [-0.05, 0) is 40.7 Å². The van der Waals surface area contributed by atoms with E-state index in [0.29, 0.717) is 11.3 Å². The van der Waals surface area contributed by atoms with Crippen LogP contribution in [0.2, 0.25) is 0 Å². The lowest BCUT2D eigenvalue weighted by atomic mass is 9.85. The second kappa shape index (κ2) is 9.54. The van der Waals surface area contributed by atoms with E-state index in [4.69, 9.17) is 0 Å². The van der Waals surface area contributed by atoms with Crippen LogP contribution in [-0.4, -0.2) is 59.4 Å². The number of amides is 4. The van der Waals surface area contributed by atoms with Crippen molar-refractivity contribution in [2.75, 3.05) is 11.9 Å². The third kappa shape index (κ3) is 5.18. The van der Waals surface area contributed by atoms with Gasteiger partial charge in [0.05, 0.1) is 12.0 Å². The monoisotopic (exact) mass is 547 g/mol. The van der Waals surface area contributed by atoms with Crippen LogP contribution in [0.15, 0.2) is 24.3 Å². The van der Waals surface area contributed by atoms with E-state index in [1.54, 1.807) is 24.3 Å². The van der Waals surface area contributed by atoms with Crippen LogP contribution in [-0.2, 0) is 19.2 Å². The van der Waals surface area contributed by atoms with Crippen LogP contribution < -0.4 is 16.0 Å². The number of rotatable bonds is 6. The highest BCUT2D eigenvalue weighted by atomic mass is 19.4. The minimum atomic E-state index is -5.18. The number of fused-ring (bicyclic) bond motifs is 2. The standard InChI is InChI=1S/C27H32F3N5O4/c1-25(2,3)20(34-24(39)27(28,29)30)23(38)35-12-16-18(26(16,4)5)19(35)22(37)32-13(11-31)10-15-14-8-6-7-9-17(14)33-21(15)36/h6-9,13,15-16,18-20H,10,12H2,1-5H3,(H,32,37)(H,33,36)(H,34,39)/t13-,15?,16+,18+,19+,20-/m1/s1. The van der Waals surface area contributed by atoms with Crippen molar-refractivity contribution in [3.05, 3.63) is 29.8 Å². The van der Waals surface area contributed by atoms with Gasteiger partial charge in [0.2, 0.25) is 17.7 Å². The summed E-state index contributed by atoms with van der Waals surface area (Å²) in [5.74, 6) is -4.92. The summed E-state index contributed by atoms with van der Waals surface area (Å²) in [7, 11) is 0. The third-order valence-electron chi connectivity index (χ3n) is 8.26. The number of alkyl halides is 3. The smallest absolute Gasteiger partial charge is 0.339 e. The van der Waals surface area contributed by atoms with Crippen LogP contribution in [0.3, 0.4) is 0 Å². The summed E-state index contributed by atoms with van der Waals surface area (Å²) in [6.07, 6.45) is -5.17. The number of benzene rings is 1. The molecule has 1 aliphatic carbocycles. The van der Waals surface area contributed by atoms with Gasteiger partial charge in [-0.25, -0.2) is 0 Å². The number of nitrogens with one attached hydrogen (secondary N) is 3. The van der Waals surface area contributed by atoms with Gasteiger partial charge in [-0.1, -0.05) is 52.8 Å². The predicted molar refractivity (Wildman–Crippen MR) is 134 cm³/mol. The highest BCUT2D eigenvalue weighted by Crippen LogP contribution is 2.65. The predicted octanol–water partition coefficient (Wildman–Crippen LogP) is 2.70. The van der Waals surface area contributed by atoms with Crippen molar-refractivity contribution in [3.8, 4) is 6.07 Å². The van der Waals surface area contributed by atoms with Gasteiger partial charge in [0.15, 0.2) is 0 Å². The number of halogens is 3. The molecule has 1 saturated heterocycles. The second-order valence-electron chi connectivity index (χ2n) is 12.2. The number of piperidine rings is 1. The summed E-state index contributed by atoms with van der Waals surface area (Å²) in [5, 5.41) is 17.0. The van der Waals surface area contributed by atoms with E-state index in [-0.39, 0.29) is 36.1 Å². The lowest BCUT2D eigenvalue weighted by Gasteiger charge is -2.37. The van der Waals surface area contributed by atoms with E-state index >= 15 is 0 Å². The van der Waals surface area contributed by atoms with Crippen molar-refractivity contribution in [1.82, 2.24) is 15.5 Å². The second-order valence-corrected chi connectivity index (χ2v) is 12.2. The van der Waals surface area contributed by atoms with Crippen molar-refractivity contribution in [2.24, 2.45) is 22.7 Å². The SMILES string of the molecule is CC(C)(C)[C@H](NC(=O)C(F)(F)F)C(=O)N1C[C@H]2[C@@H]([C@H]1C(=O)N[C@@H](C#N)CC1C(=O)Nc3ccccc31)C2(C)C. The van der Waals surface area contributed by atoms with E-state index in [2.05, 4.69) is 10.6 Å². The zero-order valence-corrected chi connectivity index (χ0v) is 22.3. The largest absolute Gasteiger partial charge is 0.471 e. The van der Waals surface area contributed by atoms with E-state index in [1.807, 2.05) is 25.2 Å². The Hall–Kier alpha value is -3.62. The molecule has 0 bridgehead atoms. The Morgan fingerprint density at radius 2 is 1.82 bits per heavy atom. The van der Waals surface area contributed by atoms with Crippen molar-refractivity contribution < 1.29 is 32.3 Å².